The van der Waals surface area contributed by atoms with E-state index >= 15 is 0 Å². The van der Waals surface area contributed by atoms with Crippen LogP contribution in [0.25, 0.3) is 38.9 Å². The number of halogens is 2. The summed E-state index contributed by atoms with van der Waals surface area (Å²) >= 11 is 0. The summed E-state index contributed by atoms with van der Waals surface area (Å²) in [4.78, 5) is 22.2. The first kappa shape index (κ1) is 23.3. The summed E-state index contributed by atoms with van der Waals surface area (Å²) in [6.45, 7) is 1.85. The van der Waals surface area contributed by atoms with Gasteiger partial charge in [-0.2, -0.15) is 5.10 Å². The van der Waals surface area contributed by atoms with Crippen molar-refractivity contribution in [2.24, 2.45) is 0 Å². The molecule has 0 bridgehead atoms. The standard InChI is InChI=1S/C28H20F2N6O2/c1-15(22-12-20-8-7-18(29)13-35(20)28(38)23(22)16-5-3-2-4-6-16)36-27-24(26(31)32-14-33-27)25(34-36)17-9-19(30)11-21(37)10-17/h2-15,37H,1H3,(H2,31,32,33). The summed E-state index contributed by atoms with van der Waals surface area (Å²) in [5, 5.41) is 15.1. The third-order valence-electron chi connectivity index (χ3n) is 6.52. The molecule has 0 fully saturated rings. The van der Waals surface area contributed by atoms with Gasteiger partial charge in [-0.15, -0.1) is 0 Å². The van der Waals surface area contributed by atoms with Gasteiger partial charge < -0.3 is 10.8 Å². The monoisotopic (exact) mass is 510 g/mol. The molecule has 2 aromatic carbocycles. The molecule has 0 saturated heterocycles. The molecule has 10 heteroatoms. The van der Waals surface area contributed by atoms with Crippen LogP contribution in [0.5, 0.6) is 5.75 Å². The Morgan fingerprint density at radius 3 is 2.50 bits per heavy atom. The molecular formula is C28H20F2N6O2. The first-order valence-electron chi connectivity index (χ1n) is 11.7. The summed E-state index contributed by atoms with van der Waals surface area (Å²) in [6.07, 6.45) is 2.45. The van der Waals surface area contributed by atoms with E-state index in [2.05, 4.69) is 9.97 Å². The average Bonchev–Trinajstić information content (AvgIpc) is 3.30. The molecule has 6 rings (SSSR count). The van der Waals surface area contributed by atoms with Crippen LogP contribution < -0.4 is 11.3 Å². The van der Waals surface area contributed by atoms with Crippen LogP contribution in [0.1, 0.15) is 18.5 Å². The second-order valence-electron chi connectivity index (χ2n) is 8.91. The average molecular weight is 511 g/mol. The van der Waals surface area contributed by atoms with Crippen LogP contribution in [-0.4, -0.2) is 29.3 Å². The van der Waals surface area contributed by atoms with Crippen molar-refractivity contribution in [3.63, 3.8) is 0 Å². The Bertz CT molecular complexity index is 1900. The topological polar surface area (TPSA) is 111 Å². The molecule has 4 aromatic heterocycles. The van der Waals surface area contributed by atoms with E-state index in [9.17, 15) is 18.7 Å². The third-order valence-corrected chi connectivity index (χ3v) is 6.52. The summed E-state index contributed by atoms with van der Waals surface area (Å²) in [5.41, 5.74) is 8.88. The lowest BCUT2D eigenvalue weighted by molar-refractivity contribution is 0.469. The van der Waals surface area contributed by atoms with Gasteiger partial charge >= 0.3 is 0 Å². The fraction of sp³-hybridized carbons (Fsp3) is 0.0714. The number of aromatic hydroxyl groups is 1. The molecule has 0 aliphatic rings. The predicted molar refractivity (Wildman–Crippen MR) is 140 cm³/mol. The number of hydrogen-bond donors (Lipinski definition) is 2. The molecule has 1 atom stereocenters. The lowest BCUT2D eigenvalue weighted by atomic mass is 9.96. The van der Waals surface area contributed by atoms with Crippen molar-refractivity contribution in [1.29, 1.82) is 0 Å². The van der Waals surface area contributed by atoms with Crippen LogP contribution in [0, 0.1) is 11.6 Å². The van der Waals surface area contributed by atoms with Crippen LogP contribution in [0.3, 0.4) is 0 Å². The molecule has 1 unspecified atom stereocenters. The molecule has 0 saturated carbocycles. The van der Waals surface area contributed by atoms with Crippen LogP contribution in [-0.2, 0) is 0 Å². The van der Waals surface area contributed by atoms with Gasteiger partial charge in [0.25, 0.3) is 5.56 Å². The number of anilines is 1. The molecule has 38 heavy (non-hydrogen) atoms. The number of rotatable bonds is 4. The maximum Gasteiger partial charge on any atom is 0.263 e. The lowest BCUT2D eigenvalue weighted by Crippen LogP contribution is -2.21. The number of nitrogens with zero attached hydrogens (tertiary/aromatic N) is 5. The summed E-state index contributed by atoms with van der Waals surface area (Å²) < 4.78 is 31.1. The molecule has 0 aliphatic heterocycles. The van der Waals surface area contributed by atoms with Gasteiger partial charge in [-0.05, 0) is 48.4 Å². The van der Waals surface area contributed by atoms with Crippen molar-refractivity contribution in [2.75, 3.05) is 5.73 Å². The second kappa shape index (κ2) is 8.77. The van der Waals surface area contributed by atoms with Crippen LogP contribution in [0.2, 0.25) is 0 Å². The van der Waals surface area contributed by atoms with Crippen molar-refractivity contribution in [2.45, 2.75) is 13.0 Å². The number of nitrogen functional groups attached to an aromatic ring is 1. The van der Waals surface area contributed by atoms with Crippen molar-refractivity contribution in [3.8, 4) is 28.1 Å². The number of phenolic OH excluding ortho intramolecular Hbond substituents is 1. The number of fused-ring (bicyclic) bond motifs is 2. The van der Waals surface area contributed by atoms with Crippen LogP contribution >= 0.6 is 0 Å². The maximum absolute atomic E-state index is 14.2. The minimum absolute atomic E-state index is 0.129. The highest BCUT2D eigenvalue weighted by atomic mass is 19.1. The van der Waals surface area contributed by atoms with Crippen LogP contribution in [0.4, 0.5) is 14.6 Å². The Hall–Kier alpha value is -5.12. The highest BCUT2D eigenvalue weighted by Gasteiger charge is 2.25. The van der Waals surface area contributed by atoms with E-state index in [1.54, 1.807) is 22.9 Å². The van der Waals surface area contributed by atoms with Gasteiger partial charge in [0.1, 0.15) is 35.2 Å². The number of benzene rings is 2. The van der Waals surface area contributed by atoms with E-state index in [0.29, 0.717) is 33.2 Å². The number of pyridine rings is 2. The Morgan fingerprint density at radius 2 is 1.74 bits per heavy atom. The van der Waals surface area contributed by atoms with Crippen molar-refractivity contribution < 1.29 is 13.9 Å². The molecule has 0 aliphatic carbocycles. The molecule has 0 radical (unpaired) electrons. The zero-order valence-electron chi connectivity index (χ0n) is 20.0. The van der Waals surface area contributed by atoms with Crippen molar-refractivity contribution in [1.82, 2.24) is 24.1 Å². The summed E-state index contributed by atoms with van der Waals surface area (Å²) in [6, 6.07) is 16.7. The zero-order valence-corrected chi connectivity index (χ0v) is 20.0. The van der Waals surface area contributed by atoms with E-state index < -0.39 is 23.2 Å². The SMILES string of the molecule is CC(c1cc2ccc(F)cn2c(=O)c1-c1ccccc1)n1nc(-c2cc(O)cc(F)c2)c2c(N)ncnc21. The molecule has 0 amide bonds. The Balaban J connectivity index is 1.65. The normalized spacial score (nSPS) is 12.3. The Morgan fingerprint density at radius 1 is 0.947 bits per heavy atom. The zero-order chi connectivity index (χ0) is 26.6. The quantitative estimate of drug-likeness (QED) is 0.347. The van der Waals surface area contributed by atoms with Crippen molar-refractivity contribution in [3.05, 3.63) is 107 Å². The number of nitrogens with two attached hydrogens (primary N) is 1. The number of aromatic nitrogens is 5. The van der Waals surface area contributed by atoms with Gasteiger partial charge in [0.05, 0.1) is 17.0 Å². The lowest BCUT2D eigenvalue weighted by Gasteiger charge is -2.19. The summed E-state index contributed by atoms with van der Waals surface area (Å²) in [7, 11) is 0. The van der Waals surface area contributed by atoms with Gasteiger partial charge in [0.2, 0.25) is 0 Å². The van der Waals surface area contributed by atoms with Gasteiger partial charge in [0.15, 0.2) is 5.65 Å². The van der Waals surface area contributed by atoms with Gasteiger partial charge in [-0.1, -0.05) is 30.3 Å². The second-order valence-corrected chi connectivity index (χ2v) is 8.91. The van der Waals surface area contributed by atoms with E-state index in [1.165, 1.54) is 35.0 Å². The smallest absolute Gasteiger partial charge is 0.263 e. The largest absolute Gasteiger partial charge is 0.508 e. The number of phenols is 1. The fourth-order valence-electron chi connectivity index (χ4n) is 4.79. The minimum Gasteiger partial charge on any atom is -0.508 e. The van der Waals surface area contributed by atoms with Crippen LogP contribution in [0.15, 0.2) is 84.0 Å². The highest BCUT2D eigenvalue weighted by Crippen LogP contribution is 2.36. The first-order chi connectivity index (χ1) is 18.3. The highest BCUT2D eigenvalue weighted by molar-refractivity contribution is 5.98. The predicted octanol–water partition coefficient (Wildman–Crippen LogP) is 4.95. The van der Waals surface area contributed by atoms with Gasteiger partial charge in [-0.3, -0.25) is 9.20 Å². The first-order valence-corrected chi connectivity index (χ1v) is 11.7. The molecule has 188 valence electrons. The van der Waals surface area contributed by atoms with E-state index in [4.69, 9.17) is 10.8 Å². The van der Waals surface area contributed by atoms with Crippen molar-refractivity contribution >= 4 is 22.4 Å². The third kappa shape index (κ3) is 3.74. The van der Waals surface area contributed by atoms with Gasteiger partial charge in [0, 0.05) is 23.3 Å². The van der Waals surface area contributed by atoms with E-state index in [1.807, 2.05) is 25.1 Å². The maximum atomic E-state index is 14.2. The Kier molecular flexibility index (Phi) is 5.37. The van der Waals surface area contributed by atoms with Gasteiger partial charge in [-0.25, -0.2) is 23.4 Å². The van der Waals surface area contributed by atoms with E-state index in [0.717, 1.165) is 12.3 Å². The fourth-order valence-corrected chi connectivity index (χ4v) is 4.79. The minimum atomic E-state index is -0.646. The molecule has 6 aromatic rings. The molecule has 0 spiro atoms. The number of hydrogen-bond acceptors (Lipinski definition) is 6. The summed E-state index contributed by atoms with van der Waals surface area (Å²) in [5.74, 6) is -1.32. The molecule has 3 N–H and O–H groups in total. The molecule has 4 heterocycles. The molecule has 8 nitrogen and oxygen atoms in total. The molecular weight excluding hydrogens is 490 g/mol. The van der Waals surface area contributed by atoms with E-state index in [-0.39, 0.29) is 22.8 Å². The Labute approximate surface area is 214 Å².